The first-order chi connectivity index (χ1) is 8.29. The molecule has 2 nitrogen and oxygen atoms in total. The number of hydrogen-bond acceptors (Lipinski definition) is 2. The molecule has 0 saturated carbocycles. The molecule has 2 heteroatoms. The summed E-state index contributed by atoms with van der Waals surface area (Å²) in [7, 11) is 1.72. The number of methoxy groups -OCH3 is 1. The van der Waals surface area contributed by atoms with Crippen LogP contribution in [-0.4, -0.2) is 20.2 Å². The number of ether oxygens (including phenoxy) is 1. The summed E-state index contributed by atoms with van der Waals surface area (Å²) in [6.07, 6.45) is 4.51. The van der Waals surface area contributed by atoms with Crippen molar-refractivity contribution < 1.29 is 4.74 Å². The molecule has 0 radical (unpaired) electrons. The van der Waals surface area contributed by atoms with Crippen LogP contribution < -0.4 is 10.1 Å². The van der Waals surface area contributed by atoms with Gasteiger partial charge in [0.05, 0.1) is 7.11 Å². The lowest BCUT2D eigenvalue weighted by Gasteiger charge is -2.08. The molecule has 0 fully saturated rings. The maximum atomic E-state index is 5.35. The highest BCUT2D eigenvalue weighted by molar-refractivity contribution is 5.68. The van der Waals surface area contributed by atoms with E-state index < -0.39 is 0 Å². The number of allylic oxidation sites excluding steroid dienone is 1. The maximum Gasteiger partial charge on any atom is 0.126 e. The van der Waals surface area contributed by atoms with Crippen LogP contribution in [-0.2, 0) is 0 Å². The molecule has 0 heterocycles. The molecule has 1 aromatic rings. The van der Waals surface area contributed by atoms with E-state index in [2.05, 4.69) is 31.3 Å². The predicted octanol–water partition coefficient (Wildman–Crippen LogP) is 3.49. The quantitative estimate of drug-likeness (QED) is 0.728. The highest BCUT2D eigenvalue weighted by atomic mass is 16.5. The molecule has 0 aliphatic carbocycles. The summed E-state index contributed by atoms with van der Waals surface area (Å²) < 4.78 is 5.35. The Morgan fingerprint density at radius 1 is 1.29 bits per heavy atom. The van der Waals surface area contributed by atoms with Gasteiger partial charge in [-0.25, -0.2) is 0 Å². The molecule has 0 unspecified atom stereocenters. The summed E-state index contributed by atoms with van der Waals surface area (Å²) in [6.45, 7) is 6.46. The zero-order valence-electron chi connectivity index (χ0n) is 11.1. The summed E-state index contributed by atoms with van der Waals surface area (Å²) in [4.78, 5) is 0. The second kappa shape index (κ2) is 7.91. The van der Waals surface area contributed by atoms with Gasteiger partial charge in [-0.2, -0.15) is 0 Å². The zero-order chi connectivity index (χ0) is 12.5. The summed E-state index contributed by atoms with van der Waals surface area (Å²) in [5, 5.41) is 3.39. The van der Waals surface area contributed by atoms with Crippen LogP contribution in [0.15, 0.2) is 30.3 Å². The minimum Gasteiger partial charge on any atom is -0.496 e. The van der Waals surface area contributed by atoms with Crippen molar-refractivity contribution in [3.63, 3.8) is 0 Å². The van der Waals surface area contributed by atoms with Gasteiger partial charge in [0.1, 0.15) is 5.75 Å². The SMILES string of the molecule is CCCNCCC=C(C)c1ccccc1OC. The fraction of sp³-hybridized carbons (Fsp3) is 0.467. The lowest BCUT2D eigenvalue weighted by molar-refractivity contribution is 0.413. The van der Waals surface area contributed by atoms with E-state index in [9.17, 15) is 0 Å². The number of benzene rings is 1. The van der Waals surface area contributed by atoms with Crippen LogP contribution in [0.1, 0.15) is 32.3 Å². The molecule has 0 amide bonds. The van der Waals surface area contributed by atoms with Crippen molar-refractivity contribution in [1.82, 2.24) is 5.32 Å². The molecule has 1 rings (SSSR count). The first-order valence-corrected chi connectivity index (χ1v) is 6.30. The molecule has 1 aromatic carbocycles. The molecule has 0 aliphatic heterocycles. The molecule has 1 N–H and O–H groups in total. The molecule has 0 saturated heterocycles. The molecule has 0 aliphatic rings. The Hall–Kier alpha value is -1.28. The summed E-state index contributed by atoms with van der Waals surface area (Å²) in [5.74, 6) is 0.947. The van der Waals surface area contributed by atoms with E-state index in [-0.39, 0.29) is 0 Å². The van der Waals surface area contributed by atoms with Crippen LogP contribution in [0.5, 0.6) is 5.75 Å². The Bertz CT molecular complexity index is 358. The Kier molecular flexibility index (Phi) is 6.41. The largest absolute Gasteiger partial charge is 0.496 e. The van der Waals surface area contributed by atoms with Crippen molar-refractivity contribution >= 4 is 5.57 Å². The summed E-state index contributed by atoms with van der Waals surface area (Å²) in [6, 6.07) is 8.15. The Labute approximate surface area is 105 Å². The van der Waals surface area contributed by atoms with E-state index in [4.69, 9.17) is 4.74 Å². The van der Waals surface area contributed by atoms with Gasteiger partial charge in [-0.15, -0.1) is 0 Å². The Morgan fingerprint density at radius 2 is 2.06 bits per heavy atom. The molecule has 0 aromatic heterocycles. The van der Waals surface area contributed by atoms with Gasteiger partial charge in [-0.05, 0) is 44.5 Å². The second-order valence-corrected chi connectivity index (χ2v) is 4.13. The third-order valence-corrected chi connectivity index (χ3v) is 2.73. The lowest BCUT2D eigenvalue weighted by Crippen LogP contribution is -2.15. The predicted molar refractivity (Wildman–Crippen MR) is 74.4 cm³/mol. The molecular formula is C15H23NO. The van der Waals surface area contributed by atoms with Crippen molar-refractivity contribution in [3.8, 4) is 5.75 Å². The third-order valence-electron chi connectivity index (χ3n) is 2.73. The van der Waals surface area contributed by atoms with E-state index in [0.717, 1.165) is 25.3 Å². The lowest BCUT2D eigenvalue weighted by atomic mass is 10.1. The average molecular weight is 233 g/mol. The summed E-state index contributed by atoms with van der Waals surface area (Å²) >= 11 is 0. The van der Waals surface area contributed by atoms with Crippen LogP contribution in [0, 0.1) is 0 Å². The fourth-order valence-electron chi connectivity index (χ4n) is 1.77. The van der Waals surface area contributed by atoms with Crippen LogP contribution in [0.4, 0.5) is 0 Å². The van der Waals surface area contributed by atoms with Crippen molar-refractivity contribution in [1.29, 1.82) is 0 Å². The van der Waals surface area contributed by atoms with Crippen LogP contribution in [0.3, 0.4) is 0 Å². The second-order valence-electron chi connectivity index (χ2n) is 4.13. The normalized spacial score (nSPS) is 11.6. The number of hydrogen-bond donors (Lipinski definition) is 1. The first kappa shape index (κ1) is 13.8. The first-order valence-electron chi connectivity index (χ1n) is 6.30. The van der Waals surface area contributed by atoms with Crippen LogP contribution in [0.25, 0.3) is 5.57 Å². The van der Waals surface area contributed by atoms with Crippen LogP contribution in [0.2, 0.25) is 0 Å². The number of para-hydroxylation sites is 1. The third kappa shape index (κ3) is 4.61. The van der Waals surface area contributed by atoms with Gasteiger partial charge in [0.2, 0.25) is 0 Å². The van der Waals surface area contributed by atoms with Gasteiger partial charge in [0.15, 0.2) is 0 Å². The highest BCUT2D eigenvalue weighted by Gasteiger charge is 2.02. The smallest absolute Gasteiger partial charge is 0.126 e. The zero-order valence-corrected chi connectivity index (χ0v) is 11.1. The average Bonchev–Trinajstić information content (AvgIpc) is 2.38. The van der Waals surface area contributed by atoms with Gasteiger partial charge in [0, 0.05) is 5.56 Å². The molecule has 0 bridgehead atoms. The number of rotatable bonds is 7. The Morgan fingerprint density at radius 3 is 2.76 bits per heavy atom. The topological polar surface area (TPSA) is 21.3 Å². The van der Waals surface area contributed by atoms with Gasteiger partial charge in [0.25, 0.3) is 0 Å². The van der Waals surface area contributed by atoms with E-state index in [1.165, 1.54) is 17.6 Å². The minimum atomic E-state index is 0.947. The van der Waals surface area contributed by atoms with Crippen molar-refractivity contribution in [2.45, 2.75) is 26.7 Å². The monoisotopic (exact) mass is 233 g/mol. The standard InChI is InChI=1S/C15H23NO/c1-4-11-16-12-7-8-13(2)14-9-5-6-10-15(14)17-3/h5-6,8-10,16H,4,7,11-12H2,1-3H3. The summed E-state index contributed by atoms with van der Waals surface area (Å²) in [5.41, 5.74) is 2.46. The minimum absolute atomic E-state index is 0.947. The highest BCUT2D eigenvalue weighted by Crippen LogP contribution is 2.25. The van der Waals surface area contributed by atoms with Crippen LogP contribution >= 0.6 is 0 Å². The fourth-order valence-corrected chi connectivity index (χ4v) is 1.77. The van der Waals surface area contributed by atoms with E-state index in [1.54, 1.807) is 7.11 Å². The van der Waals surface area contributed by atoms with Gasteiger partial charge in [-0.1, -0.05) is 31.2 Å². The van der Waals surface area contributed by atoms with Crippen molar-refractivity contribution in [2.75, 3.05) is 20.2 Å². The molecule has 17 heavy (non-hydrogen) atoms. The molecular weight excluding hydrogens is 210 g/mol. The molecule has 94 valence electrons. The van der Waals surface area contributed by atoms with Crippen molar-refractivity contribution in [2.24, 2.45) is 0 Å². The van der Waals surface area contributed by atoms with Gasteiger partial charge >= 0.3 is 0 Å². The maximum absolute atomic E-state index is 5.35. The number of nitrogens with one attached hydrogen (secondary N) is 1. The molecule has 0 spiro atoms. The van der Waals surface area contributed by atoms with E-state index in [1.807, 2.05) is 18.2 Å². The van der Waals surface area contributed by atoms with Crippen molar-refractivity contribution in [3.05, 3.63) is 35.9 Å². The Balaban J connectivity index is 2.55. The van der Waals surface area contributed by atoms with E-state index >= 15 is 0 Å². The van der Waals surface area contributed by atoms with Gasteiger partial charge in [-0.3, -0.25) is 0 Å². The van der Waals surface area contributed by atoms with Gasteiger partial charge < -0.3 is 10.1 Å². The molecule has 0 atom stereocenters. The van der Waals surface area contributed by atoms with E-state index in [0.29, 0.717) is 0 Å².